The number of hydrogen-bond donors (Lipinski definition) is 3. The van der Waals surface area contributed by atoms with Crippen molar-refractivity contribution >= 4 is 18.0 Å². The van der Waals surface area contributed by atoms with E-state index in [-0.39, 0.29) is 42.5 Å². The molecule has 2 aliphatic rings. The molecule has 0 saturated heterocycles. The van der Waals surface area contributed by atoms with Crippen molar-refractivity contribution in [1.29, 1.82) is 0 Å². The summed E-state index contributed by atoms with van der Waals surface area (Å²) in [6.07, 6.45) is 4.15. The first-order valence-corrected chi connectivity index (χ1v) is 11.7. The van der Waals surface area contributed by atoms with Gasteiger partial charge in [0.05, 0.1) is 5.92 Å². The van der Waals surface area contributed by atoms with E-state index in [9.17, 15) is 14.4 Å². The third-order valence-electron chi connectivity index (χ3n) is 6.77. The van der Waals surface area contributed by atoms with Gasteiger partial charge in [0.25, 0.3) is 0 Å². The van der Waals surface area contributed by atoms with Gasteiger partial charge in [-0.1, -0.05) is 67.4 Å². The van der Waals surface area contributed by atoms with Crippen LogP contribution in [0.3, 0.4) is 0 Å². The average Bonchev–Trinajstić information content (AvgIpc) is 3.16. The second kappa shape index (κ2) is 10.5. The minimum Gasteiger partial charge on any atom is -0.478 e. The van der Waals surface area contributed by atoms with Crippen molar-refractivity contribution in [2.45, 2.75) is 44.6 Å². The molecule has 1 fully saturated rings. The van der Waals surface area contributed by atoms with Gasteiger partial charge >= 0.3 is 12.1 Å². The molecule has 0 heterocycles. The van der Waals surface area contributed by atoms with E-state index in [0.717, 1.165) is 24.0 Å². The van der Waals surface area contributed by atoms with E-state index in [1.165, 1.54) is 24.1 Å². The number of carbonyl (C=O) groups is 3. The maximum absolute atomic E-state index is 12.7. The number of hydrogen-bond acceptors (Lipinski definition) is 4. The van der Waals surface area contributed by atoms with Crippen molar-refractivity contribution in [3.63, 3.8) is 0 Å². The Morgan fingerprint density at radius 1 is 1.00 bits per heavy atom. The number of aliphatic carboxylic acids is 1. The van der Waals surface area contributed by atoms with Crippen molar-refractivity contribution in [3.05, 3.63) is 71.3 Å². The lowest BCUT2D eigenvalue weighted by Crippen LogP contribution is -2.48. The van der Waals surface area contributed by atoms with Crippen LogP contribution in [0.15, 0.2) is 60.2 Å². The van der Waals surface area contributed by atoms with Crippen LogP contribution in [0.25, 0.3) is 11.1 Å². The Balaban J connectivity index is 1.35. The first kappa shape index (κ1) is 23.5. The molecule has 3 N–H and O–H groups in total. The lowest BCUT2D eigenvalue weighted by Gasteiger charge is -2.31. The predicted molar refractivity (Wildman–Crippen MR) is 128 cm³/mol. The largest absolute Gasteiger partial charge is 0.478 e. The molecule has 34 heavy (non-hydrogen) atoms. The normalized spacial score (nSPS) is 19.6. The Morgan fingerprint density at radius 3 is 2.26 bits per heavy atom. The second-order valence-electron chi connectivity index (χ2n) is 8.90. The van der Waals surface area contributed by atoms with Gasteiger partial charge in [-0.3, -0.25) is 4.79 Å². The third kappa shape index (κ3) is 5.14. The number of ether oxygens (including phenoxy) is 1. The van der Waals surface area contributed by atoms with Crippen molar-refractivity contribution in [2.24, 2.45) is 5.92 Å². The summed E-state index contributed by atoms with van der Waals surface area (Å²) in [7, 11) is 0. The van der Waals surface area contributed by atoms with Crippen LogP contribution in [0.5, 0.6) is 0 Å². The molecule has 2 aromatic carbocycles. The van der Waals surface area contributed by atoms with Gasteiger partial charge in [-0.25, -0.2) is 9.59 Å². The second-order valence-corrected chi connectivity index (χ2v) is 8.90. The van der Waals surface area contributed by atoms with Gasteiger partial charge in [-0.05, 0) is 42.0 Å². The first-order valence-electron chi connectivity index (χ1n) is 11.7. The number of carboxylic acids is 1. The summed E-state index contributed by atoms with van der Waals surface area (Å²) < 4.78 is 5.65. The fraction of sp³-hybridized carbons (Fsp3) is 0.370. The average molecular weight is 463 g/mol. The van der Waals surface area contributed by atoms with Crippen LogP contribution in [0.4, 0.5) is 4.79 Å². The predicted octanol–water partition coefficient (Wildman–Crippen LogP) is 4.23. The van der Waals surface area contributed by atoms with Gasteiger partial charge < -0.3 is 20.5 Å². The quantitative estimate of drug-likeness (QED) is 0.534. The first-order chi connectivity index (χ1) is 16.5. The SMILES string of the molecule is C/C(=C\CNC(=O)[C@@H]1CCCC[C@@H]1NC(=O)OCC1c2ccccc2-c2ccccc21)C(=O)O. The van der Waals surface area contributed by atoms with Crippen molar-refractivity contribution in [2.75, 3.05) is 13.2 Å². The summed E-state index contributed by atoms with van der Waals surface area (Å²) in [4.78, 5) is 36.3. The maximum atomic E-state index is 12.7. The van der Waals surface area contributed by atoms with Crippen molar-refractivity contribution < 1.29 is 24.2 Å². The van der Waals surface area contributed by atoms with Crippen LogP contribution >= 0.6 is 0 Å². The zero-order valence-corrected chi connectivity index (χ0v) is 19.3. The van der Waals surface area contributed by atoms with Crippen LogP contribution < -0.4 is 10.6 Å². The fourth-order valence-electron chi connectivity index (χ4n) is 4.93. The molecule has 2 amide bonds. The lowest BCUT2D eigenvalue weighted by atomic mass is 9.84. The summed E-state index contributed by atoms with van der Waals surface area (Å²) >= 11 is 0. The Morgan fingerprint density at radius 2 is 1.62 bits per heavy atom. The fourth-order valence-corrected chi connectivity index (χ4v) is 4.93. The molecule has 178 valence electrons. The van der Waals surface area contributed by atoms with Crippen molar-refractivity contribution in [1.82, 2.24) is 10.6 Å². The summed E-state index contributed by atoms with van der Waals surface area (Å²) in [6.45, 7) is 1.85. The number of amides is 2. The minimum atomic E-state index is -1.01. The molecular weight excluding hydrogens is 432 g/mol. The highest BCUT2D eigenvalue weighted by Crippen LogP contribution is 2.44. The van der Waals surface area contributed by atoms with E-state index in [1.807, 2.05) is 24.3 Å². The van der Waals surface area contributed by atoms with Crippen molar-refractivity contribution in [3.8, 4) is 11.1 Å². The highest BCUT2D eigenvalue weighted by molar-refractivity contribution is 5.86. The van der Waals surface area contributed by atoms with Gasteiger partial charge in [-0.15, -0.1) is 0 Å². The number of carboxylic acid groups (broad SMARTS) is 1. The molecule has 2 aliphatic carbocycles. The molecule has 2 aromatic rings. The number of benzene rings is 2. The molecule has 0 bridgehead atoms. The van der Waals surface area contributed by atoms with Crippen LogP contribution in [-0.2, 0) is 14.3 Å². The maximum Gasteiger partial charge on any atom is 0.407 e. The summed E-state index contributed by atoms with van der Waals surface area (Å²) in [5.74, 6) is -1.58. The van der Waals surface area contributed by atoms with E-state index < -0.39 is 12.1 Å². The van der Waals surface area contributed by atoms with Crippen LogP contribution in [0, 0.1) is 5.92 Å². The summed E-state index contributed by atoms with van der Waals surface area (Å²) in [6, 6.07) is 16.0. The van der Waals surface area contributed by atoms with E-state index in [2.05, 4.69) is 34.9 Å². The Hall–Kier alpha value is -3.61. The zero-order chi connectivity index (χ0) is 24.1. The molecule has 0 aromatic heterocycles. The molecule has 0 unspecified atom stereocenters. The molecular formula is C27H30N2O5. The van der Waals surface area contributed by atoms with Gasteiger partial charge in [0.1, 0.15) is 6.61 Å². The van der Waals surface area contributed by atoms with Gasteiger partial charge in [0, 0.05) is 24.1 Å². The smallest absolute Gasteiger partial charge is 0.407 e. The Labute approximate surface area is 199 Å². The van der Waals surface area contributed by atoms with Gasteiger partial charge in [0.2, 0.25) is 5.91 Å². The van der Waals surface area contributed by atoms with Crippen LogP contribution in [0.1, 0.15) is 49.7 Å². The summed E-state index contributed by atoms with van der Waals surface area (Å²) in [5, 5.41) is 14.6. The number of alkyl carbamates (subject to hydrolysis) is 1. The van der Waals surface area contributed by atoms with Gasteiger partial charge in [-0.2, -0.15) is 0 Å². The highest BCUT2D eigenvalue weighted by atomic mass is 16.5. The van der Waals surface area contributed by atoms with E-state index in [4.69, 9.17) is 9.84 Å². The molecule has 7 nitrogen and oxygen atoms in total. The molecule has 0 spiro atoms. The van der Waals surface area contributed by atoms with E-state index in [0.29, 0.717) is 12.8 Å². The minimum absolute atomic E-state index is 0.0205. The lowest BCUT2D eigenvalue weighted by molar-refractivity contribution is -0.132. The summed E-state index contributed by atoms with van der Waals surface area (Å²) in [5.41, 5.74) is 4.82. The van der Waals surface area contributed by atoms with Gasteiger partial charge in [0.15, 0.2) is 0 Å². The molecule has 1 saturated carbocycles. The molecule has 0 aliphatic heterocycles. The number of rotatable bonds is 7. The van der Waals surface area contributed by atoms with E-state index in [1.54, 1.807) is 0 Å². The molecule has 4 rings (SSSR count). The zero-order valence-electron chi connectivity index (χ0n) is 19.3. The Kier molecular flexibility index (Phi) is 7.30. The van der Waals surface area contributed by atoms with Crippen LogP contribution in [-0.4, -0.2) is 42.3 Å². The third-order valence-corrected chi connectivity index (χ3v) is 6.77. The number of nitrogens with one attached hydrogen (secondary N) is 2. The van der Waals surface area contributed by atoms with E-state index >= 15 is 0 Å². The Bertz CT molecular complexity index is 1060. The molecule has 0 radical (unpaired) electrons. The number of carbonyl (C=O) groups excluding carboxylic acids is 2. The van der Waals surface area contributed by atoms with Crippen LogP contribution in [0.2, 0.25) is 0 Å². The highest BCUT2D eigenvalue weighted by Gasteiger charge is 2.33. The topological polar surface area (TPSA) is 105 Å². The molecule has 2 atom stereocenters. The monoisotopic (exact) mass is 462 g/mol. The standard InChI is InChI=1S/C27H30N2O5/c1-17(26(31)32)14-15-28-25(30)22-12-6-7-13-24(22)29-27(33)34-16-23-20-10-4-2-8-18(20)19-9-3-5-11-21(19)23/h2-5,8-11,14,22-24H,6-7,12-13,15-16H2,1H3,(H,28,30)(H,29,33)(H,31,32)/b17-14+/t22-,24+/m1/s1. The number of fused-ring (bicyclic) bond motifs is 3. The molecule has 7 heteroatoms.